The molecule has 2 rings (SSSR count). The molecule has 0 aliphatic carbocycles. The highest BCUT2D eigenvalue weighted by Crippen LogP contribution is 2.21. The topological polar surface area (TPSA) is 42.0 Å². The van der Waals surface area contributed by atoms with Gasteiger partial charge in [-0.05, 0) is 35.0 Å². The van der Waals surface area contributed by atoms with Crippen LogP contribution in [0.3, 0.4) is 0 Å². The van der Waals surface area contributed by atoms with Gasteiger partial charge in [0.25, 0.3) is 5.91 Å². The van der Waals surface area contributed by atoms with Crippen molar-refractivity contribution in [2.75, 3.05) is 0 Å². The number of hydrogen-bond donors (Lipinski definition) is 1. The van der Waals surface area contributed by atoms with E-state index >= 15 is 0 Å². The minimum absolute atomic E-state index is 0.0147. The van der Waals surface area contributed by atoms with Crippen LogP contribution in [0.2, 0.25) is 0 Å². The molecule has 0 aliphatic rings. The predicted octanol–water partition coefficient (Wildman–Crippen LogP) is 3.54. The van der Waals surface area contributed by atoms with Gasteiger partial charge in [0.15, 0.2) is 0 Å². The van der Waals surface area contributed by atoms with E-state index in [1.807, 2.05) is 12.3 Å². The SMILES string of the molecule is CC(NC(=O)c1c(F)cccc1Br)c1nccs1. The number of thiazole rings is 1. The van der Waals surface area contributed by atoms with Crippen LogP contribution in [0.5, 0.6) is 0 Å². The van der Waals surface area contributed by atoms with Crippen molar-refractivity contribution in [3.05, 3.63) is 50.6 Å². The van der Waals surface area contributed by atoms with Crippen LogP contribution in [-0.4, -0.2) is 10.9 Å². The number of nitrogens with zero attached hydrogens (tertiary/aromatic N) is 1. The summed E-state index contributed by atoms with van der Waals surface area (Å²) in [6.45, 7) is 1.81. The maximum atomic E-state index is 13.6. The third kappa shape index (κ3) is 2.76. The molecule has 0 radical (unpaired) electrons. The molecule has 1 N–H and O–H groups in total. The molecule has 0 bridgehead atoms. The standard InChI is InChI=1S/C12H10BrFN2OS/c1-7(12-15-5-6-18-12)16-11(17)10-8(13)3-2-4-9(10)14/h2-7H,1H3,(H,16,17). The van der Waals surface area contributed by atoms with Crippen LogP contribution in [0.25, 0.3) is 0 Å². The molecule has 0 spiro atoms. The largest absolute Gasteiger partial charge is 0.343 e. The van der Waals surface area contributed by atoms with Gasteiger partial charge in [-0.25, -0.2) is 9.37 Å². The molecular formula is C12H10BrFN2OS. The average Bonchev–Trinajstić information content (AvgIpc) is 2.81. The van der Waals surface area contributed by atoms with Crippen LogP contribution in [-0.2, 0) is 0 Å². The fourth-order valence-electron chi connectivity index (χ4n) is 1.49. The normalized spacial score (nSPS) is 12.2. The Morgan fingerprint density at radius 3 is 2.94 bits per heavy atom. The molecule has 3 nitrogen and oxygen atoms in total. The molecule has 2 aromatic rings. The van der Waals surface area contributed by atoms with Crippen LogP contribution in [0, 0.1) is 5.82 Å². The Hall–Kier alpha value is -1.27. The van der Waals surface area contributed by atoms with Gasteiger partial charge in [-0.15, -0.1) is 11.3 Å². The second-order valence-corrected chi connectivity index (χ2v) is 5.44. The average molecular weight is 329 g/mol. The second kappa shape index (κ2) is 5.58. The highest BCUT2D eigenvalue weighted by molar-refractivity contribution is 9.10. The van der Waals surface area contributed by atoms with E-state index in [0.29, 0.717) is 4.47 Å². The molecule has 94 valence electrons. The van der Waals surface area contributed by atoms with Gasteiger partial charge in [-0.3, -0.25) is 4.79 Å². The van der Waals surface area contributed by atoms with Crippen molar-refractivity contribution in [3.63, 3.8) is 0 Å². The number of benzene rings is 1. The lowest BCUT2D eigenvalue weighted by molar-refractivity contribution is 0.0935. The monoisotopic (exact) mass is 328 g/mol. The van der Waals surface area contributed by atoms with Crippen molar-refractivity contribution >= 4 is 33.2 Å². The van der Waals surface area contributed by atoms with Crippen molar-refractivity contribution in [2.24, 2.45) is 0 Å². The number of aromatic nitrogens is 1. The molecule has 0 aliphatic heterocycles. The lowest BCUT2D eigenvalue weighted by Gasteiger charge is -2.12. The maximum absolute atomic E-state index is 13.6. The summed E-state index contributed by atoms with van der Waals surface area (Å²) in [5.41, 5.74) is 0.0147. The number of rotatable bonds is 3. The van der Waals surface area contributed by atoms with E-state index in [1.54, 1.807) is 18.3 Å². The van der Waals surface area contributed by atoms with Gasteiger partial charge < -0.3 is 5.32 Å². The molecule has 0 fully saturated rings. The van der Waals surface area contributed by atoms with Gasteiger partial charge >= 0.3 is 0 Å². The van der Waals surface area contributed by atoms with E-state index < -0.39 is 11.7 Å². The molecular weight excluding hydrogens is 319 g/mol. The lowest BCUT2D eigenvalue weighted by atomic mass is 10.2. The van der Waals surface area contributed by atoms with Gasteiger partial charge in [-0.2, -0.15) is 0 Å². The fraction of sp³-hybridized carbons (Fsp3) is 0.167. The van der Waals surface area contributed by atoms with Crippen LogP contribution >= 0.6 is 27.3 Å². The Bertz CT molecular complexity index is 539. The third-order valence-corrected chi connectivity index (χ3v) is 3.98. The van der Waals surface area contributed by atoms with Crippen molar-refractivity contribution < 1.29 is 9.18 Å². The number of carbonyl (C=O) groups excluding carboxylic acids is 1. The summed E-state index contributed by atoms with van der Waals surface area (Å²) in [5.74, 6) is -1.00. The smallest absolute Gasteiger partial charge is 0.255 e. The van der Waals surface area contributed by atoms with Crippen LogP contribution in [0.1, 0.15) is 28.3 Å². The molecule has 1 amide bonds. The highest BCUT2D eigenvalue weighted by Gasteiger charge is 2.18. The van der Waals surface area contributed by atoms with Crippen LogP contribution in [0.4, 0.5) is 4.39 Å². The first-order valence-electron chi connectivity index (χ1n) is 5.24. The van der Waals surface area contributed by atoms with Gasteiger partial charge in [0.05, 0.1) is 11.6 Å². The Morgan fingerprint density at radius 2 is 2.33 bits per heavy atom. The molecule has 0 saturated carbocycles. The van der Waals surface area contributed by atoms with Gasteiger partial charge in [0, 0.05) is 16.0 Å². The second-order valence-electron chi connectivity index (χ2n) is 3.66. The van der Waals surface area contributed by atoms with Crippen molar-refractivity contribution in [1.82, 2.24) is 10.3 Å². The molecule has 1 atom stereocenters. The van der Waals surface area contributed by atoms with Crippen molar-refractivity contribution in [3.8, 4) is 0 Å². The highest BCUT2D eigenvalue weighted by atomic mass is 79.9. The zero-order chi connectivity index (χ0) is 13.1. The summed E-state index contributed by atoms with van der Waals surface area (Å²) < 4.78 is 14.0. The summed E-state index contributed by atoms with van der Waals surface area (Å²) in [6, 6.07) is 4.18. The fourth-order valence-corrected chi connectivity index (χ4v) is 2.66. The summed E-state index contributed by atoms with van der Waals surface area (Å²) in [5, 5.41) is 5.34. The quantitative estimate of drug-likeness (QED) is 0.936. The van der Waals surface area contributed by atoms with Crippen molar-refractivity contribution in [2.45, 2.75) is 13.0 Å². The first-order valence-corrected chi connectivity index (χ1v) is 6.91. The number of amides is 1. The Morgan fingerprint density at radius 1 is 1.56 bits per heavy atom. The van der Waals surface area contributed by atoms with Gasteiger partial charge in [0.1, 0.15) is 10.8 Å². The first kappa shape index (κ1) is 13.2. The van der Waals surface area contributed by atoms with E-state index in [1.165, 1.54) is 17.4 Å². The maximum Gasteiger partial charge on any atom is 0.255 e. The third-order valence-electron chi connectivity index (χ3n) is 2.36. The Balaban J connectivity index is 2.18. The van der Waals surface area contributed by atoms with Gasteiger partial charge in [0.2, 0.25) is 0 Å². The zero-order valence-corrected chi connectivity index (χ0v) is 11.9. The number of carbonyl (C=O) groups is 1. The van der Waals surface area contributed by atoms with E-state index in [0.717, 1.165) is 5.01 Å². The molecule has 1 aromatic heterocycles. The van der Waals surface area contributed by atoms with E-state index in [2.05, 4.69) is 26.2 Å². The number of hydrogen-bond acceptors (Lipinski definition) is 3. The minimum Gasteiger partial charge on any atom is -0.343 e. The minimum atomic E-state index is -0.548. The van der Waals surface area contributed by atoms with E-state index in [4.69, 9.17) is 0 Å². The molecule has 0 saturated heterocycles. The van der Waals surface area contributed by atoms with E-state index in [9.17, 15) is 9.18 Å². The van der Waals surface area contributed by atoms with Crippen LogP contribution < -0.4 is 5.32 Å². The molecule has 1 heterocycles. The molecule has 6 heteroatoms. The Labute approximate surface area is 116 Å². The Kier molecular flexibility index (Phi) is 4.08. The van der Waals surface area contributed by atoms with Gasteiger partial charge in [-0.1, -0.05) is 6.07 Å². The molecule has 1 unspecified atom stereocenters. The number of halogens is 2. The lowest BCUT2D eigenvalue weighted by Crippen LogP contribution is -2.27. The molecule has 1 aromatic carbocycles. The predicted molar refractivity (Wildman–Crippen MR) is 72.1 cm³/mol. The molecule has 18 heavy (non-hydrogen) atoms. The van der Waals surface area contributed by atoms with Crippen molar-refractivity contribution in [1.29, 1.82) is 0 Å². The number of nitrogens with one attached hydrogen (secondary N) is 1. The van der Waals surface area contributed by atoms with Crippen LogP contribution in [0.15, 0.2) is 34.2 Å². The summed E-state index contributed by atoms with van der Waals surface area (Å²) in [6.07, 6.45) is 1.67. The van der Waals surface area contributed by atoms with E-state index in [-0.39, 0.29) is 11.6 Å². The summed E-state index contributed by atoms with van der Waals surface area (Å²) >= 11 is 4.62. The first-order chi connectivity index (χ1) is 8.59. The summed E-state index contributed by atoms with van der Waals surface area (Å²) in [4.78, 5) is 16.1. The summed E-state index contributed by atoms with van der Waals surface area (Å²) in [7, 11) is 0. The zero-order valence-electron chi connectivity index (χ0n) is 9.48.